The summed E-state index contributed by atoms with van der Waals surface area (Å²) in [4.78, 5) is 6.66. The Morgan fingerprint density at radius 2 is 1.06 bits per heavy atom. The molecule has 0 saturated carbocycles. The average molecular weight is 690 g/mol. The zero-order valence-corrected chi connectivity index (χ0v) is 29.7. The summed E-state index contributed by atoms with van der Waals surface area (Å²) in [5, 5.41) is 5.40. The van der Waals surface area contributed by atoms with E-state index in [4.69, 9.17) is 0 Å². The SMILES string of the molecule is C1=C(c2ccc(N(c3ccccc3)c3cccnc3)cc2)Cc2ccc3c4c(ccc1c24)C=C(c1ccc2c(c1)c1ccccc1n2-c1ccccc1)C3. The predicted molar refractivity (Wildman–Crippen MR) is 227 cm³/mol. The first-order chi connectivity index (χ1) is 26.8. The van der Waals surface area contributed by atoms with Crippen molar-refractivity contribution in [3.05, 3.63) is 210 Å². The maximum absolute atomic E-state index is 4.41. The van der Waals surface area contributed by atoms with Crippen molar-refractivity contribution < 1.29 is 0 Å². The summed E-state index contributed by atoms with van der Waals surface area (Å²) in [6.45, 7) is 0. The zero-order valence-electron chi connectivity index (χ0n) is 29.7. The van der Waals surface area contributed by atoms with Crippen LogP contribution in [0.2, 0.25) is 0 Å². The lowest BCUT2D eigenvalue weighted by molar-refractivity contribution is 1.18. The van der Waals surface area contributed by atoms with Crippen LogP contribution < -0.4 is 4.90 Å². The van der Waals surface area contributed by atoms with Gasteiger partial charge in [-0.15, -0.1) is 0 Å². The topological polar surface area (TPSA) is 21.1 Å². The summed E-state index contributed by atoms with van der Waals surface area (Å²) in [5.74, 6) is 0. The predicted octanol–water partition coefficient (Wildman–Crippen LogP) is 13.0. The Labute approximate surface area is 314 Å². The first-order valence-corrected chi connectivity index (χ1v) is 18.7. The first kappa shape index (κ1) is 30.6. The molecule has 0 bridgehead atoms. The summed E-state index contributed by atoms with van der Waals surface area (Å²) in [6, 6.07) is 59.5. The van der Waals surface area contributed by atoms with E-state index in [0.717, 1.165) is 29.9 Å². The van der Waals surface area contributed by atoms with Gasteiger partial charge in [-0.2, -0.15) is 0 Å². The molecule has 0 amide bonds. The smallest absolute Gasteiger partial charge is 0.0644 e. The molecule has 0 radical (unpaired) electrons. The molecule has 11 rings (SSSR count). The van der Waals surface area contributed by atoms with Crippen LogP contribution in [-0.4, -0.2) is 9.55 Å². The highest BCUT2D eigenvalue weighted by Gasteiger charge is 2.23. The van der Waals surface area contributed by atoms with Crippen LogP contribution in [-0.2, 0) is 12.8 Å². The Balaban J connectivity index is 0.947. The van der Waals surface area contributed by atoms with E-state index in [-0.39, 0.29) is 0 Å². The number of hydrogen-bond acceptors (Lipinski definition) is 2. The summed E-state index contributed by atoms with van der Waals surface area (Å²) < 4.78 is 2.39. The van der Waals surface area contributed by atoms with Crippen LogP contribution in [0.15, 0.2) is 176 Å². The minimum Gasteiger partial charge on any atom is -0.309 e. The van der Waals surface area contributed by atoms with E-state index in [2.05, 4.69) is 184 Å². The third-order valence-electron chi connectivity index (χ3n) is 11.3. The minimum atomic E-state index is 0.913. The van der Waals surface area contributed by atoms with Gasteiger partial charge in [0.25, 0.3) is 0 Å². The maximum Gasteiger partial charge on any atom is 0.0644 e. The summed E-state index contributed by atoms with van der Waals surface area (Å²) >= 11 is 0. The fraction of sp³-hybridized carbons (Fsp3) is 0.0392. The molecule has 2 aliphatic rings. The zero-order chi connectivity index (χ0) is 35.6. The van der Waals surface area contributed by atoms with Gasteiger partial charge in [0.05, 0.1) is 22.9 Å². The molecule has 0 unspecified atom stereocenters. The van der Waals surface area contributed by atoms with Gasteiger partial charge in [0.2, 0.25) is 0 Å². The van der Waals surface area contributed by atoms with E-state index in [1.165, 1.54) is 82.8 Å². The number of fused-ring (bicyclic) bond motifs is 3. The molecule has 254 valence electrons. The highest BCUT2D eigenvalue weighted by atomic mass is 15.1. The van der Waals surface area contributed by atoms with Crippen LogP contribution >= 0.6 is 0 Å². The third-order valence-corrected chi connectivity index (χ3v) is 11.3. The Kier molecular flexibility index (Phi) is 6.99. The van der Waals surface area contributed by atoms with Crippen molar-refractivity contribution in [3.8, 4) is 5.69 Å². The third kappa shape index (κ3) is 4.93. The monoisotopic (exact) mass is 689 g/mol. The number of hydrogen-bond donors (Lipinski definition) is 0. The van der Waals surface area contributed by atoms with Gasteiger partial charge in [-0.1, -0.05) is 109 Å². The molecule has 54 heavy (non-hydrogen) atoms. The lowest BCUT2D eigenvalue weighted by Crippen LogP contribution is -2.10. The second-order valence-corrected chi connectivity index (χ2v) is 14.4. The molecule has 0 saturated heterocycles. The summed E-state index contributed by atoms with van der Waals surface area (Å²) in [7, 11) is 0. The van der Waals surface area contributed by atoms with Crippen LogP contribution in [0.4, 0.5) is 17.1 Å². The van der Waals surface area contributed by atoms with Gasteiger partial charge in [-0.3, -0.25) is 4.98 Å². The molecular weight excluding hydrogens is 655 g/mol. The number of benzene rings is 7. The molecule has 2 aromatic heterocycles. The van der Waals surface area contributed by atoms with Crippen molar-refractivity contribution in [3.63, 3.8) is 0 Å². The molecule has 0 N–H and O–H groups in total. The van der Waals surface area contributed by atoms with Crippen molar-refractivity contribution in [2.45, 2.75) is 12.8 Å². The van der Waals surface area contributed by atoms with E-state index in [1.807, 2.05) is 18.5 Å². The van der Waals surface area contributed by atoms with Gasteiger partial charge < -0.3 is 9.47 Å². The number of pyridine rings is 1. The Bertz CT molecular complexity index is 2910. The fourth-order valence-corrected chi connectivity index (χ4v) is 8.85. The second kappa shape index (κ2) is 12.3. The molecule has 2 aliphatic carbocycles. The molecule has 3 heteroatoms. The molecule has 2 heterocycles. The fourth-order valence-electron chi connectivity index (χ4n) is 8.85. The minimum absolute atomic E-state index is 0.913. The van der Waals surface area contributed by atoms with Gasteiger partial charge in [-0.05, 0) is 135 Å². The van der Waals surface area contributed by atoms with Crippen molar-refractivity contribution in [1.82, 2.24) is 9.55 Å². The normalized spacial score (nSPS) is 13.3. The number of aromatic nitrogens is 2. The Morgan fingerprint density at radius 1 is 0.463 bits per heavy atom. The van der Waals surface area contributed by atoms with Gasteiger partial charge in [0.1, 0.15) is 0 Å². The van der Waals surface area contributed by atoms with E-state index < -0.39 is 0 Å². The highest BCUT2D eigenvalue weighted by Crippen LogP contribution is 2.44. The molecule has 0 fully saturated rings. The Morgan fingerprint density at radius 3 is 1.76 bits per heavy atom. The first-order valence-electron chi connectivity index (χ1n) is 18.7. The second-order valence-electron chi connectivity index (χ2n) is 14.4. The molecular formula is C51H35N3. The van der Waals surface area contributed by atoms with Crippen molar-refractivity contribution in [2.75, 3.05) is 4.90 Å². The van der Waals surface area contributed by atoms with Crippen molar-refractivity contribution >= 4 is 72.9 Å². The molecule has 3 nitrogen and oxygen atoms in total. The highest BCUT2D eigenvalue weighted by molar-refractivity contribution is 6.12. The van der Waals surface area contributed by atoms with Crippen molar-refractivity contribution in [2.24, 2.45) is 0 Å². The van der Waals surface area contributed by atoms with Crippen molar-refractivity contribution in [1.29, 1.82) is 0 Å². The quantitative estimate of drug-likeness (QED) is 0.173. The van der Waals surface area contributed by atoms with Crippen LogP contribution in [0.5, 0.6) is 0 Å². The largest absolute Gasteiger partial charge is 0.309 e. The van der Waals surface area contributed by atoms with Crippen LogP contribution in [0.25, 0.3) is 61.6 Å². The molecule has 9 aromatic rings. The van der Waals surface area contributed by atoms with Gasteiger partial charge in [0.15, 0.2) is 0 Å². The van der Waals surface area contributed by atoms with E-state index in [9.17, 15) is 0 Å². The molecule has 0 atom stereocenters. The molecule has 0 aliphatic heterocycles. The number of rotatable bonds is 6. The average Bonchev–Trinajstić information content (AvgIpc) is 3.58. The number of allylic oxidation sites excluding steroid dienone is 2. The summed E-state index contributed by atoms with van der Waals surface area (Å²) in [5.41, 5.74) is 17.6. The summed E-state index contributed by atoms with van der Waals surface area (Å²) in [6.07, 6.45) is 10.4. The van der Waals surface area contributed by atoms with Gasteiger partial charge >= 0.3 is 0 Å². The maximum atomic E-state index is 4.41. The standard InChI is InChI=1S/C51H35N3/c1-3-10-42(11-4-1)53(45-14-9-27-52-33-45)44-24-21-34(22-25-44)40-28-36-17-19-38-30-41(31-39-20-18-37(29-40)50(36)51(38)39)35-23-26-49-47(32-35)46-15-7-8-16-48(46)54(49)43-12-5-2-6-13-43/h1-28,30,32-33H,29,31H2. The number of para-hydroxylation sites is 3. The molecule has 0 spiro atoms. The van der Waals surface area contributed by atoms with Crippen LogP contribution in [0, 0.1) is 0 Å². The Hall–Kier alpha value is -6.97. The molecule has 7 aromatic carbocycles. The lowest BCUT2D eigenvalue weighted by Gasteiger charge is -2.26. The van der Waals surface area contributed by atoms with E-state index in [1.54, 1.807) is 0 Å². The lowest BCUT2D eigenvalue weighted by atomic mass is 9.79. The van der Waals surface area contributed by atoms with Crippen LogP contribution in [0.3, 0.4) is 0 Å². The number of nitrogens with zero attached hydrogens (tertiary/aromatic N) is 3. The van der Waals surface area contributed by atoms with Crippen LogP contribution in [0.1, 0.15) is 33.4 Å². The number of anilines is 3. The van der Waals surface area contributed by atoms with Gasteiger partial charge in [0, 0.05) is 34.0 Å². The van der Waals surface area contributed by atoms with E-state index in [0.29, 0.717) is 0 Å². The van der Waals surface area contributed by atoms with E-state index >= 15 is 0 Å². The van der Waals surface area contributed by atoms with Gasteiger partial charge in [-0.25, -0.2) is 0 Å².